The fraction of sp³-hybridized carbons (Fsp3) is 0.296. The average Bonchev–Trinajstić information content (AvgIpc) is 3.63. The number of ether oxygens (including phenoxy) is 1. The quantitative estimate of drug-likeness (QED) is 0.227. The molecule has 2 aromatic heterocycles. The third-order valence-corrected chi connectivity index (χ3v) is 6.42. The van der Waals surface area contributed by atoms with Crippen LogP contribution in [0, 0.1) is 0 Å². The molecule has 36 heavy (non-hydrogen) atoms. The van der Waals surface area contributed by atoms with Crippen molar-refractivity contribution in [2.75, 3.05) is 19.0 Å². The minimum Gasteiger partial charge on any atom is -0.465 e. The molecule has 0 aliphatic heterocycles. The van der Waals surface area contributed by atoms with Gasteiger partial charge in [-0.2, -0.15) is 5.10 Å². The van der Waals surface area contributed by atoms with Crippen molar-refractivity contribution in [2.24, 2.45) is 0 Å². The van der Waals surface area contributed by atoms with Gasteiger partial charge in [0, 0.05) is 30.0 Å². The molecular weight excluding hydrogens is 458 g/mol. The number of anilines is 1. The largest absolute Gasteiger partial charge is 0.465 e. The lowest BCUT2D eigenvalue weighted by Crippen LogP contribution is -2.15. The molecule has 1 atom stereocenters. The van der Waals surface area contributed by atoms with Gasteiger partial charge in [-0.15, -0.1) is 0 Å². The Balaban J connectivity index is 1.39. The lowest BCUT2D eigenvalue weighted by Gasteiger charge is -2.21. The molecule has 0 spiro atoms. The van der Waals surface area contributed by atoms with Crippen LogP contribution in [0.15, 0.2) is 54.9 Å². The molecule has 2 aromatic carbocycles. The van der Waals surface area contributed by atoms with Crippen molar-refractivity contribution in [3.05, 3.63) is 82.9 Å². The van der Waals surface area contributed by atoms with Gasteiger partial charge < -0.3 is 15.2 Å². The van der Waals surface area contributed by atoms with Crippen molar-refractivity contribution in [3.8, 4) is 0 Å². The number of ketones is 1. The van der Waals surface area contributed by atoms with E-state index in [9.17, 15) is 14.7 Å². The van der Waals surface area contributed by atoms with Crippen LogP contribution in [0.5, 0.6) is 0 Å². The van der Waals surface area contributed by atoms with E-state index in [1.165, 1.54) is 13.4 Å². The Morgan fingerprint density at radius 1 is 1.17 bits per heavy atom. The molecule has 5 rings (SSSR count). The summed E-state index contributed by atoms with van der Waals surface area (Å²) in [5.41, 5.74) is 4.09. The van der Waals surface area contributed by atoms with Crippen molar-refractivity contribution in [2.45, 2.75) is 37.6 Å². The number of nitrogens with one attached hydrogen (secondary N) is 2. The number of aliphatic hydroxyl groups is 1. The van der Waals surface area contributed by atoms with Crippen LogP contribution < -0.4 is 5.32 Å². The highest BCUT2D eigenvalue weighted by atomic mass is 16.5. The molecule has 0 bridgehead atoms. The van der Waals surface area contributed by atoms with E-state index in [-0.39, 0.29) is 24.9 Å². The Labute approximate surface area is 207 Å². The van der Waals surface area contributed by atoms with E-state index in [0.29, 0.717) is 40.3 Å². The maximum atomic E-state index is 12.8. The second-order valence-corrected chi connectivity index (χ2v) is 8.95. The number of Topliss-reactive ketones (excluding diaryl/α,β-unsaturated/α-hetero) is 1. The summed E-state index contributed by atoms with van der Waals surface area (Å²) < 4.78 is 4.88. The summed E-state index contributed by atoms with van der Waals surface area (Å²) in [4.78, 5) is 33.7. The minimum atomic E-state index is -0.476. The number of H-pyrrole nitrogens is 1. The van der Waals surface area contributed by atoms with Gasteiger partial charge >= 0.3 is 5.97 Å². The second-order valence-electron chi connectivity index (χ2n) is 8.95. The maximum absolute atomic E-state index is 12.8. The highest BCUT2D eigenvalue weighted by molar-refractivity contribution is 6.05. The molecule has 1 aliphatic rings. The van der Waals surface area contributed by atoms with Gasteiger partial charge in [-0.25, -0.2) is 14.8 Å². The average molecular weight is 486 g/mol. The SMILES string of the molecule is COC(=O)c1cccc2c(NC(CCO)c3cccc(CC(=O)c4cc(C5CC5)[nH]n4)c3)ncnc12. The summed E-state index contributed by atoms with van der Waals surface area (Å²) in [6, 6.07) is 14.5. The van der Waals surface area contributed by atoms with Crippen molar-refractivity contribution in [1.82, 2.24) is 20.2 Å². The van der Waals surface area contributed by atoms with Gasteiger partial charge in [0.1, 0.15) is 17.8 Å². The number of carbonyl (C=O) groups excluding carboxylic acids is 2. The number of fused-ring (bicyclic) bond motifs is 1. The Hall–Kier alpha value is -4.11. The summed E-state index contributed by atoms with van der Waals surface area (Å²) in [5, 5.41) is 21.0. The van der Waals surface area contributed by atoms with Gasteiger partial charge in [0.2, 0.25) is 0 Å². The number of hydrogen-bond acceptors (Lipinski definition) is 8. The number of hydrogen-bond donors (Lipinski definition) is 3. The number of aliphatic hydroxyl groups excluding tert-OH is 1. The molecule has 0 radical (unpaired) electrons. The molecule has 1 aliphatic carbocycles. The van der Waals surface area contributed by atoms with E-state index in [4.69, 9.17) is 4.74 Å². The number of rotatable bonds is 10. The van der Waals surface area contributed by atoms with Gasteiger partial charge in [-0.05, 0) is 48.6 Å². The highest BCUT2D eigenvalue weighted by Crippen LogP contribution is 2.39. The maximum Gasteiger partial charge on any atom is 0.340 e. The van der Waals surface area contributed by atoms with E-state index in [0.717, 1.165) is 29.7 Å². The molecule has 4 aromatic rings. The van der Waals surface area contributed by atoms with Gasteiger partial charge in [-0.3, -0.25) is 9.89 Å². The van der Waals surface area contributed by atoms with Crippen molar-refractivity contribution >= 4 is 28.5 Å². The van der Waals surface area contributed by atoms with Crippen molar-refractivity contribution < 1.29 is 19.4 Å². The first-order valence-electron chi connectivity index (χ1n) is 11.9. The fourth-order valence-corrected chi connectivity index (χ4v) is 4.37. The standard InChI is InChI=1S/C27H27N5O4/c1-36-27(35)20-7-3-6-19-25(20)28-15-29-26(19)30-21(10-11-33)18-5-2-4-16(12-18)13-24(34)23-14-22(31-32-23)17-8-9-17/h2-7,12,14-15,17,21,33H,8-11,13H2,1H3,(H,31,32)(H,28,29,30). The first kappa shape index (κ1) is 23.6. The Morgan fingerprint density at radius 3 is 2.78 bits per heavy atom. The Morgan fingerprint density at radius 2 is 2.00 bits per heavy atom. The van der Waals surface area contributed by atoms with E-state index >= 15 is 0 Å². The van der Waals surface area contributed by atoms with Gasteiger partial charge in [-0.1, -0.05) is 30.3 Å². The third-order valence-electron chi connectivity index (χ3n) is 6.42. The molecule has 2 heterocycles. The molecule has 9 heteroatoms. The van der Waals surface area contributed by atoms with E-state index < -0.39 is 5.97 Å². The summed E-state index contributed by atoms with van der Waals surface area (Å²) in [7, 11) is 1.33. The van der Waals surface area contributed by atoms with Crippen LogP contribution in [0.25, 0.3) is 10.9 Å². The van der Waals surface area contributed by atoms with Crippen molar-refractivity contribution in [3.63, 3.8) is 0 Å². The highest BCUT2D eigenvalue weighted by Gasteiger charge is 2.26. The molecule has 1 fully saturated rings. The summed E-state index contributed by atoms with van der Waals surface area (Å²) >= 11 is 0. The van der Waals surface area contributed by atoms with Crippen LogP contribution >= 0.6 is 0 Å². The number of aromatic amines is 1. The lowest BCUT2D eigenvalue weighted by atomic mass is 9.98. The number of nitrogens with zero attached hydrogens (tertiary/aromatic N) is 3. The predicted octanol–water partition coefficient (Wildman–Crippen LogP) is 3.98. The number of para-hydroxylation sites is 1. The first-order chi connectivity index (χ1) is 17.6. The smallest absolute Gasteiger partial charge is 0.340 e. The molecule has 9 nitrogen and oxygen atoms in total. The number of carbonyl (C=O) groups is 2. The molecule has 1 saturated carbocycles. The van der Waals surface area contributed by atoms with E-state index in [1.54, 1.807) is 12.1 Å². The van der Waals surface area contributed by atoms with Crippen LogP contribution in [0.2, 0.25) is 0 Å². The monoisotopic (exact) mass is 485 g/mol. The molecular formula is C27H27N5O4. The zero-order valence-electron chi connectivity index (χ0n) is 19.9. The molecule has 0 saturated heterocycles. The first-order valence-corrected chi connectivity index (χ1v) is 11.9. The van der Waals surface area contributed by atoms with Gasteiger partial charge in [0.15, 0.2) is 5.78 Å². The van der Waals surface area contributed by atoms with Crippen LogP contribution in [-0.4, -0.2) is 50.7 Å². The zero-order valence-corrected chi connectivity index (χ0v) is 19.9. The zero-order chi connectivity index (χ0) is 25.1. The van der Waals surface area contributed by atoms with Crippen LogP contribution in [-0.2, 0) is 11.2 Å². The van der Waals surface area contributed by atoms with Crippen LogP contribution in [0.3, 0.4) is 0 Å². The summed E-state index contributed by atoms with van der Waals surface area (Å²) in [5.74, 6) is 0.527. The molecule has 0 amide bonds. The topological polar surface area (TPSA) is 130 Å². The normalized spacial score (nSPS) is 13.9. The number of benzene rings is 2. The lowest BCUT2D eigenvalue weighted by molar-refractivity contribution is 0.0602. The Bertz CT molecular complexity index is 1410. The van der Waals surface area contributed by atoms with Gasteiger partial charge in [0.05, 0.1) is 24.2 Å². The Kier molecular flexibility index (Phi) is 6.73. The van der Waals surface area contributed by atoms with Crippen molar-refractivity contribution in [1.29, 1.82) is 0 Å². The number of esters is 1. The number of aromatic nitrogens is 4. The number of methoxy groups -OCH3 is 1. The van der Waals surface area contributed by atoms with E-state index in [1.807, 2.05) is 36.4 Å². The summed E-state index contributed by atoms with van der Waals surface area (Å²) in [6.45, 7) is -0.0472. The van der Waals surface area contributed by atoms with E-state index in [2.05, 4.69) is 25.5 Å². The molecule has 184 valence electrons. The summed E-state index contributed by atoms with van der Waals surface area (Å²) in [6.07, 6.45) is 4.32. The predicted molar refractivity (Wildman–Crippen MR) is 134 cm³/mol. The van der Waals surface area contributed by atoms with Crippen LogP contribution in [0.4, 0.5) is 5.82 Å². The third kappa shape index (κ3) is 4.96. The fourth-order valence-electron chi connectivity index (χ4n) is 4.37. The molecule has 3 N–H and O–H groups in total. The van der Waals surface area contributed by atoms with Crippen LogP contribution in [0.1, 0.15) is 68.9 Å². The molecule has 1 unspecified atom stereocenters. The van der Waals surface area contributed by atoms with Gasteiger partial charge in [0.25, 0.3) is 0 Å². The second kappa shape index (κ2) is 10.2. The minimum absolute atomic E-state index is 0.0425.